The van der Waals surface area contributed by atoms with Crippen molar-refractivity contribution in [3.05, 3.63) is 29.8 Å². The zero-order chi connectivity index (χ0) is 15.2. The van der Waals surface area contributed by atoms with Crippen molar-refractivity contribution in [1.82, 2.24) is 5.32 Å². The van der Waals surface area contributed by atoms with Gasteiger partial charge in [0.05, 0.1) is 12.2 Å². The van der Waals surface area contributed by atoms with Gasteiger partial charge in [0.15, 0.2) is 0 Å². The van der Waals surface area contributed by atoms with Gasteiger partial charge in [0.2, 0.25) is 0 Å². The van der Waals surface area contributed by atoms with Gasteiger partial charge in [0.25, 0.3) is 5.91 Å². The number of benzene rings is 1. The smallest absolute Gasteiger partial charge is 0.326 e. The summed E-state index contributed by atoms with van der Waals surface area (Å²) < 4.78 is 5.33. The Bertz CT molecular complexity index is 514. The van der Waals surface area contributed by atoms with Crippen molar-refractivity contribution in [2.24, 2.45) is 5.92 Å². The molecular formula is C15H19NO4S. The molecule has 1 aliphatic heterocycles. The van der Waals surface area contributed by atoms with Crippen molar-refractivity contribution in [3.63, 3.8) is 0 Å². The van der Waals surface area contributed by atoms with E-state index >= 15 is 0 Å². The molecule has 2 N–H and O–H groups in total. The van der Waals surface area contributed by atoms with Crippen LogP contribution in [-0.2, 0) is 9.53 Å². The molecule has 114 valence electrons. The van der Waals surface area contributed by atoms with E-state index in [4.69, 9.17) is 4.74 Å². The van der Waals surface area contributed by atoms with E-state index in [0.717, 1.165) is 17.7 Å². The number of hydrogen-bond donors (Lipinski definition) is 2. The molecule has 2 unspecified atom stereocenters. The molecule has 6 heteroatoms. The third kappa shape index (κ3) is 3.98. The van der Waals surface area contributed by atoms with Crippen molar-refractivity contribution in [1.29, 1.82) is 0 Å². The van der Waals surface area contributed by atoms with Crippen LogP contribution in [0.2, 0.25) is 0 Å². The Balaban J connectivity index is 2.12. The molecule has 1 aromatic rings. The highest BCUT2D eigenvalue weighted by molar-refractivity contribution is 7.98. The molecule has 2 atom stereocenters. The number of hydrogen-bond acceptors (Lipinski definition) is 4. The van der Waals surface area contributed by atoms with Crippen molar-refractivity contribution in [2.45, 2.75) is 23.8 Å². The molecule has 0 radical (unpaired) electrons. The molecule has 0 spiro atoms. The van der Waals surface area contributed by atoms with Crippen LogP contribution in [0, 0.1) is 5.92 Å². The summed E-state index contributed by atoms with van der Waals surface area (Å²) in [6.07, 6.45) is 3.46. The van der Waals surface area contributed by atoms with Gasteiger partial charge in [0.1, 0.15) is 6.04 Å². The monoisotopic (exact) mass is 309 g/mol. The average molecular weight is 309 g/mol. The van der Waals surface area contributed by atoms with Gasteiger partial charge in [-0.15, -0.1) is 11.8 Å². The fourth-order valence-corrected chi connectivity index (χ4v) is 3.06. The molecule has 2 rings (SSSR count). The van der Waals surface area contributed by atoms with Crippen LogP contribution in [0.1, 0.15) is 23.2 Å². The first kappa shape index (κ1) is 15.9. The normalized spacial score (nSPS) is 19.8. The van der Waals surface area contributed by atoms with Crippen LogP contribution in [-0.4, -0.2) is 42.5 Å². The van der Waals surface area contributed by atoms with E-state index in [1.807, 2.05) is 18.4 Å². The Morgan fingerprint density at radius 1 is 1.43 bits per heavy atom. The highest BCUT2D eigenvalue weighted by atomic mass is 32.2. The highest BCUT2D eigenvalue weighted by Crippen LogP contribution is 2.22. The van der Waals surface area contributed by atoms with E-state index in [-0.39, 0.29) is 11.8 Å². The lowest BCUT2D eigenvalue weighted by Crippen LogP contribution is -2.48. The Labute approximate surface area is 128 Å². The zero-order valence-corrected chi connectivity index (χ0v) is 12.7. The van der Waals surface area contributed by atoms with E-state index in [1.54, 1.807) is 12.1 Å². The molecular weight excluding hydrogens is 290 g/mol. The number of ether oxygens (including phenoxy) is 1. The fourth-order valence-electron chi connectivity index (χ4n) is 2.46. The molecule has 1 heterocycles. The topological polar surface area (TPSA) is 75.6 Å². The molecule has 1 aromatic carbocycles. The number of carbonyl (C=O) groups excluding carboxylic acids is 1. The van der Waals surface area contributed by atoms with Gasteiger partial charge < -0.3 is 15.2 Å². The summed E-state index contributed by atoms with van der Waals surface area (Å²) >= 11 is 1.46. The number of thioether (sulfide) groups is 1. The number of carboxylic acid groups (broad SMARTS) is 1. The number of carboxylic acids is 1. The number of rotatable bonds is 5. The summed E-state index contributed by atoms with van der Waals surface area (Å²) in [5.41, 5.74) is 0.507. The van der Waals surface area contributed by atoms with Gasteiger partial charge in [-0.25, -0.2) is 4.79 Å². The van der Waals surface area contributed by atoms with Crippen LogP contribution in [0.5, 0.6) is 0 Å². The first-order chi connectivity index (χ1) is 10.1. The summed E-state index contributed by atoms with van der Waals surface area (Å²) in [5, 5.41) is 12.0. The molecule has 0 aromatic heterocycles. The fraction of sp³-hybridized carbons (Fsp3) is 0.467. The first-order valence-corrected chi connectivity index (χ1v) is 8.10. The van der Waals surface area contributed by atoms with Crippen LogP contribution < -0.4 is 5.32 Å². The number of nitrogens with one attached hydrogen (secondary N) is 1. The van der Waals surface area contributed by atoms with Gasteiger partial charge in [-0.2, -0.15) is 0 Å². The Morgan fingerprint density at radius 2 is 2.19 bits per heavy atom. The summed E-state index contributed by atoms with van der Waals surface area (Å²) in [7, 11) is 0. The molecule has 1 saturated heterocycles. The second-order valence-electron chi connectivity index (χ2n) is 4.97. The quantitative estimate of drug-likeness (QED) is 0.814. The van der Waals surface area contributed by atoms with Crippen LogP contribution in [0.4, 0.5) is 0 Å². The first-order valence-electron chi connectivity index (χ1n) is 6.88. The van der Waals surface area contributed by atoms with E-state index in [2.05, 4.69) is 5.32 Å². The molecule has 1 fully saturated rings. The Hall–Kier alpha value is -1.53. The molecule has 1 amide bonds. The Morgan fingerprint density at radius 3 is 2.81 bits per heavy atom. The minimum absolute atomic E-state index is 0.179. The standard InChI is InChI=1S/C15H19NO4S/c1-21-12-7-3-2-6-11(12)14(17)16-13(15(18)19)10-5-4-8-20-9-10/h2-3,6-7,10,13H,4-5,8-9H2,1H3,(H,16,17)(H,18,19). The van der Waals surface area contributed by atoms with E-state index < -0.39 is 12.0 Å². The maximum absolute atomic E-state index is 12.4. The van der Waals surface area contributed by atoms with Gasteiger partial charge >= 0.3 is 5.97 Å². The van der Waals surface area contributed by atoms with Gasteiger partial charge in [-0.05, 0) is 31.2 Å². The number of amides is 1. The van der Waals surface area contributed by atoms with Gasteiger partial charge in [0, 0.05) is 17.4 Å². The Kier molecular flexibility index (Phi) is 5.64. The molecule has 1 aliphatic rings. The predicted octanol–water partition coefficient (Wildman–Crippen LogP) is 2.02. The van der Waals surface area contributed by atoms with Crippen LogP contribution in [0.15, 0.2) is 29.2 Å². The van der Waals surface area contributed by atoms with Crippen molar-refractivity contribution >= 4 is 23.6 Å². The average Bonchev–Trinajstić information content (AvgIpc) is 2.52. The third-order valence-corrected chi connectivity index (χ3v) is 4.37. The highest BCUT2D eigenvalue weighted by Gasteiger charge is 2.31. The molecule has 0 saturated carbocycles. The zero-order valence-electron chi connectivity index (χ0n) is 11.9. The summed E-state index contributed by atoms with van der Waals surface area (Å²) in [6, 6.07) is 6.27. The van der Waals surface area contributed by atoms with Crippen LogP contribution in [0.25, 0.3) is 0 Å². The molecule has 5 nitrogen and oxygen atoms in total. The van der Waals surface area contributed by atoms with E-state index in [1.165, 1.54) is 11.8 Å². The van der Waals surface area contributed by atoms with Crippen molar-refractivity contribution < 1.29 is 19.4 Å². The minimum Gasteiger partial charge on any atom is -0.480 e. The second kappa shape index (κ2) is 7.47. The lowest BCUT2D eigenvalue weighted by molar-refractivity contribution is -0.142. The largest absolute Gasteiger partial charge is 0.480 e. The summed E-state index contributed by atoms with van der Waals surface area (Å²) in [4.78, 5) is 24.6. The van der Waals surface area contributed by atoms with Crippen LogP contribution in [0.3, 0.4) is 0 Å². The molecule has 21 heavy (non-hydrogen) atoms. The third-order valence-electron chi connectivity index (χ3n) is 3.57. The molecule has 0 bridgehead atoms. The SMILES string of the molecule is CSc1ccccc1C(=O)NC(C(=O)O)C1CCCOC1. The number of aliphatic carboxylic acids is 1. The van der Waals surface area contributed by atoms with Gasteiger partial charge in [-0.1, -0.05) is 12.1 Å². The van der Waals surface area contributed by atoms with E-state index in [0.29, 0.717) is 18.8 Å². The van der Waals surface area contributed by atoms with Crippen molar-refractivity contribution in [3.8, 4) is 0 Å². The van der Waals surface area contributed by atoms with Gasteiger partial charge in [-0.3, -0.25) is 4.79 Å². The predicted molar refractivity (Wildman–Crippen MR) is 80.7 cm³/mol. The number of carbonyl (C=O) groups is 2. The molecule has 0 aliphatic carbocycles. The van der Waals surface area contributed by atoms with Crippen molar-refractivity contribution in [2.75, 3.05) is 19.5 Å². The summed E-state index contributed by atoms with van der Waals surface area (Å²) in [6.45, 7) is 1.04. The second-order valence-corrected chi connectivity index (χ2v) is 5.81. The minimum atomic E-state index is -1.01. The van der Waals surface area contributed by atoms with Crippen LogP contribution >= 0.6 is 11.8 Å². The maximum Gasteiger partial charge on any atom is 0.326 e. The maximum atomic E-state index is 12.4. The summed E-state index contributed by atoms with van der Waals surface area (Å²) in [5.74, 6) is -1.54. The lowest BCUT2D eigenvalue weighted by atomic mass is 9.93. The lowest BCUT2D eigenvalue weighted by Gasteiger charge is -2.28. The van der Waals surface area contributed by atoms with E-state index in [9.17, 15) is 14.7 Å².